The number of H-pyrrole nitrogens is 1. The molecule has 1 aromatic heterocycles. The van der Waals surface area contributed by atoms with Crippen LogP contribution in [0.3, 0.4) is 0 Å². The van der Waals surface area contributed by atoms with Crippen LogP contribution in [0.5, 0.6) is 0 Å². The number of benzene rings is 2. The zero-order valence-electron chi connectivity index (χ0n) is 12.0. The molecule has 0 bridgehead atoms. The van der Waals surface area contributed by atoms with E-state index >= 15 is 0 Å². The minimum absolute atomic E-state index is 0.276. The average molecular weight is 332 g/mol. The van der Waals surface area contributed by atoms with E-state index < -0.39 is 20.6 Å². The fraction of sp³-hybridized carbons (Fsp3) is 0.0714. The molecule has 8 nitrogen and oxygen atoms in total. The highest BCUT2D eigenvalue weighted by Crippen LogP contribution is 2.30. The van der Waals surface area contributed by atoms with Crippen molar-refractivity contribution in [2.45, 2.75) is 11.8 Å². The summed E-state index contributed by atoms with van der Waals surface area (Å²) in [6, 6.07) is 9.12. The van der Waals surface area contributed by atoms with Crippen molar-refractivity contribution in [3.8, 4) is 0 Å². The van der Waals surface area contributed by atoms with Gasteiger partial charge >= 0.3 is 0 Å². The number of hydrogen-bond donors (Lipinski definition) is 2. The summed E-state index contributed by atoms with van der Waals surface area (Å²) in [7, 11) is -4.13. The Morgan fingerprint density at radius 1 is 1.22 bits per heavy atom. The molecule has 0 fully saturated rings. The Morgan fingerprint density at radius 3 is 2.70 bits per heavy atom. The fourth-order valence-corrected chi connectivity index (χ4v) is 3.85. The molecule has 2 N–H and O–H groups in total. The van der Waals surface area contributed by atoms with Gasteiger partial charge in [0.05, 0.1) is 22.3 Å². The third-order valence-electron chi connectivity index (χ3n) is 3.38. The second kappa shape index (κ2) is 5.36. The second-order valence-corrected chi connectivity index (χ2v) is 6.54. The first kappa shape index (κ1) is 15.0. The number of para-hydroxylation sites is 1. The first-order valence-corrected chi connectivity index (χ1v) is 8.07. The maximum Gasteiger partial charge on any atom is 0.290 e. The predicted molar refractivity (Wildman–Crippen MR) is 84.7 cm³/mol. The molecule has 0 aliphatic heterocycles. The van der Waals surface area contributed by atoms with Gasteiger partial charge in [-0.25, -0.2) is 8.42 Å². The van der Waals surface area contributed by atoms with E-state index in [1.165, 1.54) is 25.1 Å². The Labute approximate surface area is 131 Å². The van der Waals surface area contributed by atoms with Gasteiger partial charge in [-0.15, -0.1) is 0 Å². The average Bonchev–Trinajstić information content (AvgIpc) is 2.96. The lowest BCUT2D eigenvalue weighted by atomic mass is 10.2. The number of hydrogen-bond acceptors (Lipinski definition) is 5. The molecule has 2 aromatic carbocycles. The van der Waals surface area contributed by atoms with Gasteiger partial charge in [-0.05, 0) is 18.6 Å². The normalized spacial score (nSPS) is 11.5. The summed E-state index contributed by atoms with van der Waals surface area (Å²) < 4.78 is 27.7. The highest BCUT2D eigenvalue weighted by atomic mass is 32.2. The van der Waals surface area contributed by atoms with E-state index in [9.17, 15) is 18.5 Å². The molecule has 118 valence electrons. The molecule has 0 saturated carbocycles. The summed E-state index contributed by atoms with van der Waals surface area (Å²) in [5.41, 5.74) is 0.614. The Hall–Kier alpha value is -2.94. The Bertz CT molecular complexity index is 1010. The Kier molecular flexibility index (Phi) is 3.49. The van der Waals surface area contributed by atoms with Crippen LogP contribution >= 0.6 is 0 Å². The zero-order valence-corrected chi connectivity index (χ0v) is 12.8. The molecule has 0 unspecified atom stereocenters. The fourth-order valence-electron chi connectivity index (χ4n) is 2.38. The van der Waals surface area contributed by atoms with E-state index in [2.05, 4.69) is 14.9 Å². The van der Waals surface area contributed by atoms with Gasteiger partial charge in [0.15, 0.2) is 4.90 Å². The predicted octanol–water partition coefficient (Wildman–Crippen LogP) is 2.58. The van der Waals surface area contributed by atoms with Crippen LogP contribution in [0.2, 0.25) is 0 Å². The standard InChI is InChI=1S/C14H12N4O4S/c1-9-4-2-7-12(18(19)20)14(9)23(21,22)17-11-6-3-5-10-8-15-16-13(10)11/h2-8,17H,1H3,(H,15,16). The third-order valence-corrected chi connectivity index (χ3v) is 4.93. The van der Waals surface area contributed by atoms with E-state index in [0.29, 0.717) is 11.1 Å². The number of aromatic amines is 1. The van der Waals surface area contributed by atoms with Gasteiger partial charge in [0.2, 0.25) is 0 Å². The highest BCUT2D eigenvalue weighted by molar-refractivity contribution is 7.93. The summed E-state index contributed by atoms with van der Waals surface area (Å²) >= 11 is 0. The molecule has 9 heteroatoms. The van der Waals surface area contributed by atoms with Crippen LogP contribution < -0.4 is 4.72 Å². The van der Waals surface area contributed by atoms with Crippen LogP contribution in [0, 0.1) is 17.0 Å². The number of nitrogens with zero attached hydrogens (tertiary/aromatic N) is 2. The van der Waals surface area contributed by atoms with Gasteiger partial charge in [-0.2, -0.15) is 5.10 Å². The van der Waals surface area contributed by atoms with Crippen molar-refractivity contribution in [1.29, 1.82) is 0 Å². The molecule has 23 heavy (non-hydrogen) atoms. The number of sulfonamides is 1. The Morgan fingerprint density at radius 2 is 1.96 bits per heavy atom. The van der Waals surface area contributed by atoms with Gasteiger partial charge in [0.1, 0.15) is 0 Å². The van der Waals surface area contributed by atoms with Gasteiger partial charge in [-0.3, -0.25) is 19.9 Å². The lowest BCUT2D eigenvalue weighted by Gasteiger charge is -2.11. The molecular formula is C14H12N4O4S. The van der Waals surface area contributed by atoms with Gasteiger partial charge < -0.3 is 0 Å². The molecule has 1 heterocycles. The molecular weight excluding hydrogens is 320 g/mol. The number of nitrogens with one attached hydrogen (secondary N) is 2. The number of fused-ring (bicyclic) bond motifs is 1. The lowest BCUT2D eigenvalue weighted by Crippen LogP contribution is -2.16. The molecule has 0 aliphatic rings. The monoisotopic (exact) mass is 332 g/mol. The largest absolute Gasteiger partial charge is 0.290 e. The molecule has 0 amide bonds. The summed E-state index contributed by atoms with van der Waals surface area (Å²) in [5.74, 6) is 0. The highest BCUT2D eigenvalue weighted by Gasteiger charge is 2.28. The van der Waals surface area contributed by atoms with Crippen molar-refractivity contribution in [1.82, 2.24) is 10.2 Å². The summed E-state index contributed by atoms with van der Waals surface area (Å²) in [5, 5.41) is 18.4. The maximum atomic E-state index is 12.7. The summed E-state index contributed by atoms with van der Waals surface area (Å²) in [6.07, 6.45) is 1.56. The van der Waals surface area contributed by atoms with E-state index in [1.807, 2.05) is 0 Å². The molecule has 0 saturated heterocycles. The van der Waals surface area contributed by atoms with E-state index in [-0.39, 0.29) is 10.6 Å². The first-order valence-electron chi connectivity index (χ1n) is 6.59. The SMILES string of the molecule is Cc1cccc([N+](=O)[O-])c1S(=O)(=O)Nc1cccc2cn[nH]c12. The molecule has 0 atom stereocenters. The molecule has 0 aliphatic carbocycles. The number of aromatic nitrogens is 2. The van der Waals surface area contributed by atoms with Crippen molar-refractivity contribution in [2.24, 2.45) is 0 Å². The summed E-state index contributed by atoms with van der Waals surface area (Å²) in [4.78, 5) is 10.1. The lowest BCUT2D eigenvalue weighted by molar-refractivity contribution is -0.387. The van der Waals surface area contributed by atoms with Gasteiger partial charge in [0.25, 0.3) is 15.7 Å². The molecule has 3 rings (SSSR count). The van der Waals surface area contributed by atoms with Crippen molar-refractivity contribution in [3.63, 3.8) is 0 Å². The smallest absolute Gasteiger partial charge is 0.277 e. The zero-order chi connectivity index (χ0) is 16.6. The summed E-state index contributed by atoms with van der Waals surface area (Å²) in [6.45, 7) is 1.51. The molecule has 3 aromatic rings. The molecule has 0 spiro atoms. The Balaban J connectivity index is 2.14. The van der Waals surface area contributed by atoms with Crippen LogP contribution in [0.25, 0.3) is 10.9 Å². The van der Waals surface area contributed by atoms with Crippen molar-refractivity contribution < 1.29 is 13.3 Å². The number of anilines is 1. The quantitative estimate of drug-likeness (QED) is 0.562. The van der Waals surface area contributed by atoms with Crippen molar-refractivity contribution in [3.05, 3.63) is 58.3 Å². The van der Waals surface area contributed by atoms with E-state index in [1.54, 1.807) is 24.4 Å². The van der Waals surface area contributed by atoms with Gasteiger partial charge in [0, 0.05) is 11.5 Å². The minimum atomic E-state index is -4.13. The van der Waals surface area contributed by atoms with Crippen LogP contribution in [0.1, 0.15) is 5.56 Å². The van der Waals surface area contributed by atoms with Gasteiger partial charge in [-0.1, -0.05) is 24.3 Å². The maximum absolute atomic E-state index is 12.7. The number of nitro benzene ring substituents is 1. The van der Waals surface area contributed by atoms with Crippen LogP contribution in [0.15, 0.2) is 47.5 Å². The number of rotatable bonds is 4. The number of nitro groups is 1. The van der Waals surface area contributed by atoms with Crippen molar-refractivity contribution in [2.75, 3.05) is 4.72 Å². The third kappa shape index (κ3) is 2.61. The minimum Gasteiger partial charge on any atom is -0.277 e. The number of aryl methyl sites for hydroxylation is 1. The molecule has 0 radical (unpaired) electrons. The first-order chi connectivity index (χ1) is 10.9. The van der Waals surface area contributed by atoms with Crippen LogP contribution in [-0.2, 0) is 10.0 Å². The van der Waals surface area contributed by atoms with E-state index in [4.69, 9.17) is 0 Å². The van der Waals surface area contributed by atoms with Crippen LogP contribution in [-0.4, -0.2) is 23.5 Å². The topological polar surface area (TPSA) is 118 Å². The van der Waals surface area contributed by atoms with E-state index in [0.717, 1.165) is 5.39 Å². The van der Waals surface area contributed by atoms with Crippen LogP contribution in [0.4, 0.5) is 11.4 Å². The second-order valence-electron chi connectivity index (χ2n) is 4.93. The van der Waals surface area contributed by atoms with Crippen molar-refractivity contribution >= 4 is 32.3 Å².